The Hall–Kier alpha value is -0.870. The van der Waals surface area contributed by atoms with Gasteiger partial charge in [0.25, 0.3) is 0 Å². The maximum Gasteiger partial charge on any atom is 0.152 e. The first-order valence-electron chi connectivity index (χ1n) is 5.02. The third-order valence-corrected chi connectivity index (χ3v) is 4.26. The summed E-state index contributed by atoms with van der Waals surface area (Å²) in [6.07, 6.45) is 0.519. The Morgan fingerprint density at radius 1 is 1.27 bits per heavy atom. The molecule has 1 aliphatic rings. The quantitative estimate of drug-likeness (QED) is 0.782. The van der Waals surface area contributed by atoms with Crippen LogP contribution < -0.4 is 0 Å². The van der Waals surface area contributed by atoms with Gasteiger partial charge in [-0.25, -0.2) is 8.42 Å². The molecule has 82 valence electrons. The van der Waals surface area contributed by atoms with E-state index in [1.807, 2.05) is 30.3 Å². The van der Waals surface area contributed by atoms with E-state index < -0.39 is 9.84 Å². The van der Waals surface area contributed by atoms with E-state index in [1.165, 1.54) is 0 Å². The predicted octanol–water partition coefficient (Wildman–Crippen LogP) is 1.39. The van der Waals surface area contributed by atoms with E-state index in [-0.39, 0.29) is 17.6 Å². The van der Waals surface area contributed by atoms with Crippen molar-refractivity contribution in [2.75, 3.05) is 11.5 Å². The molecule has 0 radical (unpaired) electrons. The Labute approximate surface area is 90.0 Å². The molecule has 0 aromatic heterocycles. The molecule has 1 unspecified atom stereocenters. The van der Waals surface area contributed by atoms with Gasteiger partial charge in [0.05, 0.1) is 24.2 Å². The van der Waals surface area contributed by atoms with Gasteiger partial charge >= 0.3 is 0 Å². The summed E-state index contributed by atoms with van der Waals surface area (Å²) in [5.41, 5.74) is 1.08. The van der Waals surface area contributed by atoms with Crippen molar-refractivity contribution < 1.29 is 13.2 Å². The number of ether oxygens (including phenoxy) is 1. The molecular weight excluding hydrogens is 212 g/mol. The number of hydrogen-bond acceptors (Lipinski definition) is 3. The van der Waals surface area contributed by atoms with E-state index in [0.29, 0.717) is 13.0 Å². The topological polar surface area (TPSA) is 43.4 Å². The standard InChI is InChI=1S/C11H14O3S/c12-15(13)7-6-11(9-15)14-8-10-4-2-1-3-5-10/h1-5,11H,6-9H2. The highest BCUT2D eigenvalue weighted by molar-refractivity contribution is 7.91. The fraction of sp³-hybridized carbons (Fsp3) is 0.455. The summed E-state index contributed by atoms with van der Waals surface area (Å²) >= 11 is 0. The van der Waals surface area contributed by atoms with E-state index in [2.05, 4.69) is 0 Å². The lowest BCUT2D eigenvalue weighted by atomic mass is 10.2. The summed E-state index contributed by atoms with van der Waals surface area (Å²) in [7, 11) is -2.82. The minimum atomic E-state index is -2.82. The lowest BCUT2D eigenvalue weighted by Crippen LogP contribution is -2.14. The Balaban J connectivity index is 1.85. The lowest BCUT2D eigenvalue weighted by Gasteiger charge is -2.09. The molecule has 1 saturated heterocycles. The van der Waals surface area contributed by atoms with Crippen LogP contribution in [0.25, 0.3) is 0 Å². The summed E-state index contributed by atoms with van der Waals surface area (Å²) < 4.78 is 27.9. The van der Waals surface area contributed by atoms with Crippen molar-refractivity contribution in [3.8, 4) is 0 Å². The Bertz CT molecular complexity index is 411. The van der Waals surface area contributed by atoms with Crippen LogP contribution in [0.15, 0.2) is 30.3 Å². The Morgan fingerprint density at radius 3 is 2.60 bits per heavy atom. The van der Waals surface area contributed by atoms with Crippen molar-refractivity contribution >= 4 is 9.84 Å². The van der Waals surface area contributed by atoms with Crippen LogP contribution in [0.4, 0.5) is 0 Å². The predicted molar refractivity (Wildman–Crippen MR) is 58.3 cm³/mol. The van der Waals surface area contributed by atoms with E-state index in [1.54, 1.807) is 0 Å². The molecule has 1 atom stereocenters. The normalized spacial score (nSPS) is 24.1. The number of benzene rings is 1. The molecule has 0 saturated carbocycles. The monoisotopic (exact) mass is 226 g/mol. The zero-order valence-electron chi connectivity index (χ0n) is 8.43. The number of sulfone groups is 1. The molecule has 3 nitrogen and oxygen atoms in total. The van der Waals surface area contributed by atoms with Crippen LogP contribution in [-0.2, 0) is 21.2 Å². The van der Waals surface area contributed by atoms with E-state index in [4.69, 9.17) is 4.74 Å². The Kier molecular flexibility index (Phi) is 3.07. The van der Waals surface area contributed by atoms with Gasteiger partial charge in [0.2, 0.25) is 0 Å². The van der Waals surface area contributed by atoms with Gasteiger partial charge < -0.3 is 4.74 Å². The summed E-state index contributed by atoms with van der Waals surface area (Å²) in [4.78, 5) is 0. The van der Waals surface area contributed by atoms with Gasteiger partial charge in [0, 0.05) is 0 Å². The average Bonchev–Trinajstić information content (AvgIpc) is 2.57. The summed E-state index contributed by atoms with van der Waals surface area (Å²) in [6, 6.07) is 9.80. The lowest BCUT2D eigenvalue weighted by molar-refractivity contribution is 0.0580. The van der Waals surface area contributed by atoms with Gasteiger partial charge in [0.15, 0.2) is 9.84 Å². The number of rotatable bonds is 3. The molecule has 1 aromatic carbocycles. The van der Waals surface area contributed by atoms with Gasteiger partial charge in [-0.2, -0.15) is 0 Å². The van der Waals surface area contributed by atoms with Gasteiger partial charge in [-0.3, -0.25) is 0 Å². The van der Waals surface area contributed by atoms with Crippen LogP contribution >= 0.6 is 0 Å². The first-order valence-corrected chi connectivity index (χ1v) is 6.84. The van der Waals surface area contributed by atoms with Crippen LogP contribution in [0, 0.1) is 0 Å². The molecule has 15 heavy (non-hydrogen) atoms. The molecule has 1 aromatic rings. The molecule has 1 fully saturated rings. The summed E-state index contributed by atoms with van der Waals surface area (Å²) in [5, 5.41) is 0. The maximum absolute atomic E-state index is 11.2. The molecule has 0 bridgehead atoms. The summed E-state index contributed by atoms with van der Waals surface area (Å²) in [5.74, 6) is 0.451. The molecule has 1 aliphatic heterocycles. The highest BCUT2D eigenvalue weighted by Crippen LogP contribution is 2.16. The van der Waals surface area contributed by atoms with E-state index in [0.717, 1.165) is 5.56 Å². The molecule has 4 heteroatoms. The first kappa shape index (κ1) is 10.6. The van der Waals surface area contributed by atoms with Gasteiger partial charge in [-0.05, 0) is 12.0 Å². The third kappa shape index (κ3) is 3.04. The zero-order chi connectivity index (χ0) is 10.7. The highest BCUT2D eigenvalue weighted by Gasteiger charge is 2.28. The van der Waals surface area contributed by atoms with Crippen molar-refractivity contribution in [1.82, 2.24) is 0 Å². The maximum atomic E-state index is 11.2. The SMILES string of the molecule is O=S1(=O)CCC(OCc2ccccc2)C1. The van der Waals surface area contributed by atoms with E-state index in [9.17, 15) is 8.42 Å². The largest absolute Gasteiger partial charge is 0.372 e. The average molecular weight is 226 g/mol. The van der Waals surface area contributed by atoms with Gasteiger partial charge in [0.1, 0.15) is 0 Å². The molecule has 0 aliphatic carbocycles. The van der Waals surface area contributed by atoms with Crippen LogP contribution in [-0.4, -0.2) is 26.0 Å². The fourth-order valence-electron chi connectivity index (χ4n) is 1.68. The minimum Gasteiger partial charge on any atom is -0.372 e. The molecule has 1 heterocycles. The van der Waals surface area contributed by atoms with Crippen LogP contribution in [0.5, 0.6) is 0 Å². The zero-order valence-corrected chi connectivity index (χ0v) is 9.24. The van der Waals surface area contributed by atoms with Crippen molar-refractivity contribution in [1.29, 1.82) is 0 Å². The van der Waals surface area contributed by atoms with Crippen molar-refractivity contribution in [2.24, 2.45) is 0 Å². The third-order valence-electron chi connectivity index (χ3n) is 2.52. The number of hydrogen-bond donors (Lipinski definition) is 0. The molecule has 0 amide bonds. The van der Waals surface area contributed by atoms with Crippen LogP contribution in [0.2, 0.25) is 0 Å². The van der Waals surface area contributed by atoms with Crippen LogP contribution in [0.1, 0.15) is 12.0 Å². The van der Waals surface area contributed by atoms with Gasteiger partial charge in [-0.15, -0.1) is 0 Å². The highest BCUT2D eigenvalue weighted by atomic mass is 32.2. The van der Waals surface area contributed by atoms with Gasteiger partial charge in [-0.1, -0.05) is 30.3 Å². The molecule has 2 rings (SSSR count). The second-order valence-corrected chi connectivity index (χ2v) is 6.05. The summed E-state index contributed by atoms with van der Waals surface area (Å²) in [6.45, 7) is 0.501. The fourth-order valence-corrected chi connectivity index (χ4v) is 3.30. The minimum absolute atomic E-state index is 0.116. The molecule has 0 N–H and O–H groups in total. The van der Waals surface area contributed by atoms with Crippen molar-refractivity contribution in [3.05, 3.63) is 35.9 Å². The van der Waals surface area contributed by atoms with Crippen molar-refractivity contribution in [3.63, 3.8) is 0 Å². The second-order valence-electron chi connectivity index (χ2n) is 3.82. The molecular formula is C11H14O3S. The second kappa shape index (κ2) is 4.33. The van der Waals surface area contributed by atoms with Crippen LogP contribution in [0.3, 0.4) is 0 Å². The Morgan fingerprint density at radius 2 is 2.00 bits per heavy atom. The van der Waals surface area contributed by atoms with E-state index >= 15 is 0 Å². The first-order chi connectivity index (χ1) is 7.16. The molecule has 0 spiro atoms. The smallest absolute Gasteiger partial charge is 0.152 e. The van der Waals surface area contributed by atoms with Crippen molar-refractivity contribution in [2.45, 2.75) is 19.1 Å².